The quantitative estimate of drug-likeness (QED) is 0.610. The van der Waals surface area contributed by atoms with Crippen LogP contribution in [0.5, 0.6) is 0 Å². The Hall–Kier alpha value is -1.36. The third-order valence-electron chi connectivity index (χ3n) is 5.39. The molecule has 5 heteroatoms. The monoisotopic (exact) mass is 360 g/mol. The summed E-state index contributed by atoms with van der Waals surface area (Å²) in [7, 11) is 0. The highest BCUT2D eigenvalue weighted by atomic mass is 32.1. The van der Waals surface area contributed by atoms with E-state index in [2.05, 4.69) is 46.5 Å². The molecule has 1 aliphatic carbocycles. The van der Waals surface area contributed by atoms with E-state index in [1.54, 1.807) is 0 Å². The average Bonchev–Trinajstić information content (AvgIpc) is 2.83. The van der Waals surface area contributed by atoms with Crippen molar-refractivity contribution in [1.82, 2.24) is 10.3 Å². The molecule has 0 bridgehead atoms. The molecule has 1 aliphatic heterocycles. The largest absolute Gasteiger partial charge is 0.360 e. The predicted molar refractivity (Wildman–Crippen MR) is 110 cm³/mol. The molecular weight excluding hydrogens is 328 g/mol. The fourth-order valence-corrected chi connectivity index (χ4v) is 4.56. The van der Waals surface area contributed by atoms with Crippen molar-refractivity contribution in [3.8, 4) is 0 Å². The number of thiocarbonyl (C=S) groups is 1. The van der Waals surface area contributed by atoms with Gasteiger partial charge < -0.3 is 15.5 Å². The third-order valence-corrected chi connectivity index (χ3v) is 5.61. The molecule has 25 heavy (non-hydrogen) atoms. The minimum absolute atomic E-state index is 0.519. The first-order chi connectivity index (χ1) is 12.1. The lowest BCUT2D eigenvalue weighted by Crippen LogP contribution is -2.39. The zero-order chi connectivity index (χ0) is 17.6. The number of piperidine rings is 1. The molecule has 1 saturated carbocycles. The Bertz CT molecular complexity index is 541. The molecule has 0 radical (unpaired) electrons. The van der Waals surface area contributed by atoms with Gasteiger partial charge in [0.25, 0.3) is 0 Å². The number of pyridine rings is 1. The lowest BCUT2D eigenvalue weighted by Gasteiger charge is -2.35. The molecule has 3 rings (SSSR count). The maximum atomic E-state index is 5.49. The summed E-state index contributed by atoms with van der Waals surface area (Å²) >= 11 is 5.49. The lowest BCUT2D eigenvalue weighted by atomic mass is 9.92. The second-order valence-corrected chi connectivity index (χ2v) is 8.45. The zero-order valence-electron chi connectivity index (χ0n) is 15.6. The molecule has 2 heterocycles. The third kappa shape index (κ3) is 5.56. The van der Waals surface area contributed by atoms with Crippen molar-refractivity contribution in [3.05, 3.63) is 18.3 Å². The Morgan fingerprint density at radius 3 is 2.36 bits per heavy atom. The highest BCUT2D eigenvalue weighted by Crippen LogP contribution is 2.25. The van der Waals surface area contributed by atoms with Gasteiger partial charge in [-0.25, -0.2) is 4.98 Å². The first-order valence-corrected chi connectivity index (χ1v) is 10.3. The van der Waals surface area contributed by atoms with Crippen LogP contribution in [0.2, 0.25) is 0 Å². The summed E-state index contributed by atoms with van der Waals surface area (Å²) in [5.74, 6) is 2.55. The molecule has 2 atom stereocenters. The van der Waals surface area contributed by atoms with Gasteiger partial charge in [-0.2, -0.15) is 0 Å². The number of hydrogen-bond donors (Lipinski definition) is 2. The van der Waals surface area contributed by atoms with Gasteiger partial charge in [0, 0.05) is 19.1 Å². The fourth-order valence-electron chi connectivity index (χ4n) is 4.27. The first kappa shape index (κ1) is 18.4. The minimum Gasteiger partial charge on any atom is -0.360 e. The molecule has 1 saturated heterocycles. The van der Waals surface area contributed by atoms with E-state index in [4.69, 9.17) is 12.2 Å². The lowest BCUT2D eigenvalue weighted by molar-refractivity contribution is 0.355. The van der Waals surface area contributed by atoms with Gasteiger partial charge in [0.15, 0.2) is 5.11 Å². The Morgan fingerprint density at radius 2 is 1.76 bits per heavy atom. The van der Waals surface area contributed by atoms with Gasteiger partial charge in [0.05, 0.1) is 11.9 Å². The Kier molecular flexibility index (Phi) is 6.51. The Balaban J connectivity index is 1.52. The van der Waals surface area contributed by atoms with E-state index in [0.717, 1.165) is 41.5 Å². The van der Waals surface area contributed by atoms with Crippen LogP contribution < -0.4 is 15.5 Å². The summed E-state index contributed by atoms with van der Waals surface area (Å²) < 4.78 is 0. The fraction of sp³-hybridized carbons (Fsp3) is 0.700. The van der Waals surface area contributed by atoms with Gasteiger partial charge in [-0.15, -0.1) is 0 Å². The van der Waals surface area contributed by atoms with Crippen LogP contribution in [0.1, 0.15) is 58.8 Å². The van der Waals surface area contributed by atoms with Crippen LogP contribution in [0, 0.1) is 11.8 Å². The molecule has 1 aromatic heterocycles. The summed E-state index contributed by atoms with van der Waals surface area (Å²) in [6.07, 6.45) is 11.0. The molecule has 0 aromatic carbocycles. The summed E-state index contributed by atoms with van der Waals surface area (Å²) in [6.45, 7) is 6.86. The molecule has 138 valence electrons. The molecule has 0 amide bonds. The number of hydrogen-bond acceptors (Lipinski definition) is 3. The molecule has 0 spiro atoms. The molecule has 0 unspecified atom stereocenters. The average molecular weight is 361 g/mol. The normalized spacial score (nSPS) is 25.3. The van der Waals surface area contributed by atoms with Gasteiger partial charge in [-0.3, -0.25) is 0 Å². The van der Waals surface area contributed by atoms with Crippen molar-refractivity contribution in [2.24, 2.45) is 11.8 Å². The number of rotatable bonds is 3. The topological polar surface area (TPSA) is 40.2 Å². The summed E-state index contributed by atoms with van der Waals surface area (Å²) in [5.41, 5.74) is 0.966. The van der Waals surface area contributed by atoms with Crippen molar-refractivity contribution < 1.29 is 0 Å². The van der Waals surface area contributed by atoms with E-state index in [1.807, 2.05) is 6.20 Å². The maximum Gasteiger partial charge on any atom is 0.171 e. The van der Waals surface area contributed by atoms with E-state index < -0.39 is 0 Å². The maximum absolute atomic E-state index is 5.49. The number of nitrogens with one attached hydrogen (secondary N) is 2. The highest BCUT2D eigenvalue weighted by molar-refractivity contribution is 7.80. The van der Waals surface area contributed by atoms with E-state index in [9.17, 15) is 0 Å². The van der Waals surface area contributed by atoms with Crippen LogP contribution in [0.15, 0.2) is 18.3 Å². The van der Waals surface area contributed by atoms with Gasteiger partial charge >= 0.3 is 0 Å². The zero-order valence-corrected chi connectivity index (χ0v) is 16.4. The first-order valence-electron chi connectivity index (χ1n) is 9.88. The van der Waals surface area contributed by atoms with E-state index in [0.29, 0.717) is 6.04 Å². The van der Waals surface area contributed by atoms with Crippen LogP contribution in [0.4, 0.5) is 11.5 Å². The standard InChI is InChI=1S/C20H32N4S/c1-15-11-16(2)14-24(13-15)19-10-9-18(12-21-19)23-20(25)22-17-7-5-3-4-6-8-17/h9-10,12,15-17H,3-8,11,13-14H2,1-2H3,(H2,22,23,25)/t15-,16-/m1/s1. The van der Waals surface area contributed by atoms with Crippen molar-refractivity contribution in [2.75, 3.05) is 23.3 Å². The smallest absolute Gasteiger partial charge is 0.171 e. The van der Waals surface area contributed by atoms with Crippen molar-refractivity contribution in [1.29, 1.82) is 0 Å². The summed E-state index contributed by atoms with van der Waals surface area (Å²) in [6, 6.07) is 4.72. The number of nitrogens with zero attached hydrogens (tertiary/aromatic N) is 2. The van der Waals surface area contributed by atoms with Crippen LogP contribution in [0.25, 0.3) is 0 Å². The van der Waals surface area contributed by atoms with Crippen LogP contribution in [0.3, 0.4) is 0 Å². The summed E-state index contributed by atoms with van der Waals surface area (Å²) in [4.78, 5) is 7.07. The summed E-state index contributed by atoms with van der Waals surface area (Å²) in [5, 5.41) is 7.50. The molecule has 4 nitrogen and oxygen atoms in total. The molecular formula is C20H32N4S. The van der Waals surface area contributed by atoms with Gasteiger partial charge in [0.1, 0.15) is 5.82 Å². The van der Waals surface area contributed by atoms with E-state index in [1.165, 1.54) is 44.9 Å². The van der Waals surface area contributed by atoms with Crippen molar-refractivity contribution in [3.63, 3.8) is 0 Å². The Morgan fingerprint density at radius 1 is 1.08 bits per heavy atom. The second-order valence-electron chi connectivity index (χ2n) is 8.04. The van der Waals surface area contributed by atoms with Gasteiger partial charge in [0.2, 0.25) is 0 Å². The van der Waals surface area contributed by atoms with Crippen molar-refractivity contribution >= 4 is 28.8 Å². The SMILES string of the molecule is C[C@@H]1C[C@@H](C)CN(c2ccc(NC(=S)NC3CCCCCC3)cn2)C1. The van der Waals surface area contributed by atoms with Gasteiger partial charge in [-0.05, 0) is 55.4 Å². The predicted octanol–water partition coefficient (Wildman–Crippen LogP) is 4.57. The Labute approximate surface area is 157 Å². The number of aromatic nitrogens is 1. The molecule has 2 N–H and O–H groups in total. The number of anilines is 2. The van der Waals surface area contributed by atoms with Gasteiger partial charge in [-0.1, -0.05) is 39.5 Å². The molecule has 2 aliphatic rings. The van der Waals surface area contributed by atoms with E-state index in [-0.39, 0.29) is 0 Å². The molecule has 2 fully saturated rings. The highest BCUT2D eigenvalue weighted by Gasteiger charge is 2.22. The minimum atomic E-state index is 0.519. The van der Waals surface area contributed by atoms with E-state index >= 15 is 0 Å². The second kappa shape index (κ2) is 8.84. The van der Waals surface area contributed by atoms with Crippen LogP contribution >= 0.6 is 12.2 Å². The van der Waals surface area contributed by atoms with Crippen LogP contribution in [-0.4, -0.2) is 29.2 Å². The molecule has 1 aromatic rings. The van der Waals surface area contributed by atoms with Crippen molar-refractivity contribution in [2.45, 2.75) is 64.8 Å². The van der Waals surface area contributed by atoms with Crippen LogP contribution in [-0.2, 0) is 0 Å².